The van der Waals surface area contributed by atoms with Crippen molar-refractivity contribution >= 4 is 33.4 Å². The zero-order chi connectivity index (χ0) is 21.1. The minimum absolute atomic E-state index is 0.0834. The maximum Gasteiger partial charge on any atom is 0.295 e. The number of Topliss-reactive ketones (excluding diaryl/α,β-unsaturated/α-hetero) is 1. The van der Waals surface area contributed by atoms with Crippen LogP contribution in [0.4, 0.5) is 0 Å². The van der Waals surface area contributed by atoms with Gasteiger partial charge >= 0.3 is 0 Å². The zero-order valence-electron chi connectivity index (χ0n) is 16.6. The molecule has 1 amide bonds. The number of ether oxygens (including phenoxy) is 1. The first-order chi connectivity index (χ1) is 13.8. The van der Waals surface area contributed by atoms with Crippen LogP contribution in [-0.2, 0) is 9.59 Å². The van der Waals surface area contributed by atoms with Crippen molar-refractivity contribution in [2.45, 2.75) is 6.04 Å². The van der Waals surface area contributed by atoms with Gasteiger partial charge in [0.1, 0.15) is 11.5 Å². The van der Waals surface area contributed by atoms with Gasteiger partial charge in [-0.15, -0.1) is 0 Å². The summed E-state index contributed by atoms with van der Waals surface area (Å²) < 4.78 is 6.05. The van der Waals surface area contributed by atoms with Crippen LogP contribution in [0, 0.1) is 0 Å². The van der Waals surface area contributed by atoms with Crippen molar-refractivity contribution in [2.24, 2.45) is 0 Å². The van der Waals surface area contributed by atoms with Crippen molar-refractivity contribution in [3.05, 3.63) is 69.7 Å². The summed E-state index contributed by atoms with van der Waals surface area (Å²) in [4.78, 5) is 29.2. The Balaban J connectivity index is 2.16. The smallest absolute Gasteiger partial charge is 0.295 e. The van der Waals surface area contributed by atoms with Crippen molar-refractivity contribution < 1.29 is 19.4 Å². The fourth-order valence-electron chi connectivity index (χ4n) is 3.37. The van der Waals surface area contributed by atoms with E-state index in [1.165, 1.54) is 12.0 Å². The fourth-order valence-corrected chi connectivity index (χ4v) is 3.78. The number of halogens is 1. The molecule has 7 heteroatoms. The Hall–Kier alpha value is -2.64. The second-order valence-electron chi connectivity index (χ2n) is 7.08. The second kappa shape index (κ2) is 8.80. The zero-order valence-corrected chi connectivity index (χ0v) is 18.1. The molecule has 1 aliphatic heterocycles. The number of amides is 1. The summed E-state index contributed by atoms with van der Waals surface area (Å²) in [7, 11) is 5.34. The number of nitrogens with zero attached hydrogens (tertiary/aromatic N) is 2. The average Bonchev–Trinajstić information content (AvgIpc) is 2.96. The van der Waals surface area contributed by atoms with Crippen LogP contribution < -0.4 is 4.74 Å². The van der Waals surface area contributed by atoms with Crippen LogP contribution >= 0.6 is 15.9 Å². The molecule has 2 aromatic rings. The monoisotopic (exact) mass is 458 g/mol. The lowest BCUT2D eigenvalue weighted by Gasteiger charge is -2.26. The summed E-state index contributed by atoms with van der Waals surface area (Å²) in [6.45, 7) is 0.959. The number of likely N-dealkylation sites (N-methyl/N-ethyl adjacent to an activating group) is 1. The number of carbonyl (C=O) groups excluding carboxylic acids is 2. The van der Waals surface area contributed by atoms with Crippen LogP contribution in [-0.4, -0.2) is 60.9 Å². The summed E-state index contributed by atoms with van der Waals surface area (Å²) in [6, 6.07) is 13.6. The summed E-state index contributed by atoms with van der Waals surface area (Å²) in [5, 5.41) is 11.0. The number of hydrogen-bond acceptors (Lipinski definition) is 5. The number of hydrogen-bond donors (Lipinski definition) is 1. The number of aliphatic hydroxyl groups excluding tert-OH is 1. The quantitative estimate of drug-likeness (QED) is 0.407. The van der Waals surface area contributed by atoms with Gasteiger partial charge < -0.3 is 19.6 Å². The highest BCUT2D eigenvalue weighted by Gasteiger charge is 2.45. The number of likely N-dealkylation sites (tertiary alicyclic amines) is 1. The third-order valence-electron chi connectivity index (χ3n) is 4.84. The third kappa shape index (κ3) is 4.36. The summed E-state index contributed by atoms with van der Waals surface area (Å²) in [6.07, 6.45) is 0. The summed E-state index contributed by atoms with van der Waals surface area (Å²) in [5.74, 6) is -0.954. The van der Waals surface area contributed by atoms with Crippen LogP contribution in [0.1, 0.15) is 17.2 Å². The highest BCUT2D eigenvalue weighted by atomic mass is 79.9. The van der Waals surface area contributed by atoms with E-state index in [1.807, 2.05) is 43.3 Å². The normalized spacial score (nSPS) is 18.5. The topological polar surface area (TPSA) is 70.1 Å². The Labute approximate surface area is 178 Å². The average molecular weight is 459 g/mol. The molecule has 0 aliphatic carbocycles. The van der Waals surface area contributed by atoms with Crippen molar-refractivity contribution in [3.8, 4) is 5.75 Å². The summed E-state index contributed by atoms with van der Waals surface area (Å²) >= 11 is 3.45. The molecule has 1 saturated heterocycles. The molecule has 0 spiro atoms. The van der Waals surface area contributed by atoms with Gasteiger partial charge in [-0.25, -0.2) is 0 Å². The van der Waals surface area contributed by atoms with E-state index in [0.717, 1.165) is 10.0 Å². The van der Waals surface area contributed by atoms with Crippen LogP contribution in [0.2, 0.25) is 0 Å². The SMILES string of the molecule is COc1cccc(/C(O)=C2\C(=O)C(=O)N(CCN(C)C)[C@H]2c2cccc(Br)c2)c1. The van der Waals surface area contributed by atoms with Crippen molar-refractivity contribution in [2.75, 3.05) is 34.3 Å². The van der Waals surface area contributed by atoms with Crippen LogP contribution in [0.25, 0.3) is 5.76 Å². The first-order valence-corrected chi connectivity index (χ1v) is 9.95. The minimum atomic E-state index is -0.686. The molecule has 6 nitrogen and oxygen atoms in total. The number of ketones is 1. The molecular weight excluding hydrogens is 436 g/mol. The first-order valence-electron chi connectivity index (χ1n) is 9.16. The minimum Gasteiger partial charge on any atom is -0.507 e. The van der Waals surface area contributed by atoms with Gasteiger partial charge in [0.25, 0.3) is 11.7 Å². The number of methoxy groups -OCH3 is 1. The highest BCUT2D eigenvalue weighted by molar-refractivity contribution is 9.10. The standard InChI is InChI=1S/C22H23BrN2O4/c1-24(2)10-11-25-19(14-6-4-8-16(23)12-14)18(21(27)22(25)28)20(26)15-7-5-9-17(13-15)29-3/h4-9,12-13,19,26H,10-11H2,1-3H3/b20-18+/t19-/m0/s1. The molecule has 1 fully saturated rings. The maximum absolute atomic E-state index is 12.9. The maximum atomic E-state index is 12.9. The largest absolute Gasteiger partial charge is 0.507 e. The molecule has 1 aliphatic rings. The van der Waals surface area contributed by atoms with E-state index < -0.39 is 17.7 Å². The van der Waals surface area contributed by atoms with Gasteiger partial charge in [-0.05, 0) is 43.9 Å². The molecule has 0 radical (unpaired) electrons. The van der Waals surface area contributed by atoms with Crippen LogP contribution in [0.15, 0.2) is 58.6 Å². The molecular formula is C22H23BrN2O4. The molecule has 2 aromatic carbocycles. The molecule has 3 rings (SSSR count). The summed E-state index contributed by atoms with van der Waals surface area (Å²) in [5.41, 5.74) is 1.26. The van der Waals surface area contributed by atoms with Gasteiger partial charge in [-0.1, -0.05) is 40.2 Å². The Bertz CT molecular complexity index is 971. The number of aliphatic hydroxyl groups is 1. The van der Waals surface area contributed by atoms with Gasteiger partial charge in [-0.2, -0.15) is 0 Å². The lowest BCUT2D eigenvalue weighted by molar-refractivity contribution is -0.140. The van der Waals surface area contributed by atoms with Crippen molar-refractivity contribution in [1.82, 2.24) is 9.80 Å². The van der Waals surface area contributed by atoms with E-state index in [1.54, 1.807) is 24.3 Å². The first kappa shape index (κ1) is 21.1. The Kier molecular flexibility index (Phi) is 6.39. The molecule has 0 aromatic heterocycles. The Morgan fingerprint density at radius 3 is 2.55 bits per heavy atom. The highest BCUT2D eigenvalue weighted by Crippen LogP contribution is 2.40. The molecule has 29 heavy (non-hydrogen) atoms. The molecule has 0 bridgehead atoms. The predicted octanol–water partition coefficient (Wildman–Crippen LogP) is 3.44. The van der Waals surface area contributed by atoms with Gasteiger partial charge in [0, 0.05) is 23.1 Å². The van der Waals surface area contributed by atoms with Crippen LogP contribution in [0.5, 0.6) is 5.75 Å². The van der Waals surface area contributed by atoms with E-state index in [0.29, 0.717) is 24.4 Å². The molecule has 0 saturated carbocycles. The third-order valence-corrected chi connectivity index (χ3v) is 5.33. The number of carbonyl (C=O) groups is 2. The Morgan fingerprint density at radius 2 is 1.90 bits per heavy atom. The second-order valence-corrected chi connectivity index (χ2v) is 8.00. The van der Waals surface area contributed by atoms with Gasteiger partial charge in [0.15, 0.2) is 0 Å². The van der Waals surface area contributed by atoms with E-state index in [2.05, 4.69) is 15.9 Å². The predicted molar refractivity (Wildman–Crippen MR) is 115 cm³/mol. The van der Waals surface area contributed by atoms with E-state index in [-0.39, 0.29) is 11.3 Å². The van der Waals surface area contributed by atoms with Gasteiger partial charge in [-0.3, -0.25) is 9.59 Å². The lowest BCUT2D eigenvalue weighted by Crippen LogP contribution is -2.35. The molecule has 1 atom stereocenters. The van der Waals surface area contributed by atoms with Crippen molar-refractivity contribution in [1.29, 1.82) is 0 Å². The van der Waals surface area contributed by atoms with Gasteiger partial charge in [0.2, 0.25) is 0 Å². The van der Waals surface area contributed by atoms with E-state index in [4.69, 9.17) is 4.74 Å². The molecule has 1 heterocycles. The van der Waals surface area contributed by atoms with Gasteiger partial charge in [0.05, 0.1) is 18.7 Å². The molecule has 152 valence electrons. The molecule has 1 N–H and O–H groups in total. The Morgan fingerprint density at radius 1 is 1.17 bits per heavy atom. The lowest BCUT2D eigenvalue weighted by atomic mass is 9.95. The fraction of sp³-hybridized carbons (Fsp3) is 0.273. The van der Waals surface area contributed by atoms with Crippen molar-refractivity contribution in [3.63, 3.8) is 0 Å². The number of rotatable bonds is 6. The van der Waals surface area contributed by atoms with Crippen LogP contribution in [0.3, 0.4) is 0 Å². The van der Waals surface area contributed by atoms with E-state index in [9.17, 15) is 14.7 Å². The van der Waals surface area contributed by atoms with E-state index >= 15 is 0 Å². The molecule has 0 unspecified atom stereocenters. The number of benzene rings is 2.